The van der Waals surface area contributed by atoms with Crippen molar-refractivity contribution in [3.8, 4) is 11.5 Å². The highest BCUT2D eigenvalue weighted by Gasteiger charge is 2.30. The number of phenolic OH excluding ortho intramolecular Hbond substituents is 1. The first-order chi connectivity index (χ1) is 6.61. The Labute approximate surface area is 84.5 Å². The van der Waals surface area contributed by atoms with Crippen LogP contribution in [0.1, 0.15) is 30.9 Å². The molecule has 1 aromatic rings. The first-order valence-electron chi connectivity index (χ1n) is 5.06. The van der Waals surface area contributed by atoms with Gasteiger partial charge in [-0.1, -0.05) is 19.9 Å². The number of fused-ring (bicyclic) bond motifs is 1. The lowest BCUT2D eigenvalue weighted by molar-refractivity contribution is 0.293. The second kappa shape index (κ2) is 3.19. The Morgan fingerprint density at radius 2 is 2.14 bits per heavy atom. The van der Waals surface area contributed by atoms with Crippen molar-refractivity contribution in [1.29, 1.82) is 0 Å². The topological polar surface area (TPSA) is 29.5 Å². The largest absolute Gasteiger partial charge is 0.504 e. The number of rotatable bonds is 1. The molecule has 1 heterocycles. The summed E-state index contributed by atoms with van der Waals surface area (Å²) in [4.78, 5) is 0. The molecule has 1 aliphatic heterocycles. The molecule has 76 valence electrons. The molecule has 1 unspecified atom stereocenters. The van der Waals surface area contributed by atoms with Crippen LogP contribution in [0.5, 0.6) is 11.5 Å². The van der Waals surface area contributed by atoms with Gasteiger partial charge in [0.05, 0.1) is 6.61 Å². The predicted octanol–water partition coefficient (Wildman–Crippen LogP) is 2.83. The molecule has 1 N–H and O–H groups in total. The van der Waals surface area contributed by atoms with Crippen molar-refractivity contribution in [2.24, 2.45) is 5.92 Å². The van der Waals surface area contributed by atoms with Crippen molar-refractivity contribution in [3.63, 3.8) is 0 Å². The minimum absolute atomic E-state index is 0.272. The van der Waals surface area contributed by atoms with Gasteiger partial charge in [0.1, 0.15) is 0 Å². The predicted molar refractivity (Wildman–Crippen MR) is 55.9 cm³/mol. The minimum Gasteiger partial charge on any atom is -0.504 e. The molecule has 0 spiro atoms. The van der Waals surface area contributed by atoms with Gasteiger partial charge in [0.2, 0.25) is 0 Å². The van der Waals surface area contributed by atoms with Gasteiger partial charge in [0.25, 0.3) is 0 Å². The Kier molecular flexibility index (Phi) is 2.14. The average molecular weight is 192 g/mol. The monoisotopic (exact) mass is 192 g/mol. The first kappa shape index (κ1) is 9.38. The van der Waals surface area contributed by atoms with E-state index in [1.165, 1.54) is 11.1 Å². The minimum atomic E-state index is 0.272. The highest BCUT2D eigenvalue weighted by molar-refractivity contribution is 5.53. The molecule has 1 atom stereocenters. The number of aromatic hydroxyl groups is 1. The Morgan fingerprint density at radius 3 is 2.79 bits per heavy atom. The number of hydrogen-bond donors (Lipinski definition) is 1. The van der Waals surface area contributed by atoms with Crippen molar-refractivity contribution >= 4 is 0 Å². The number of ether oxygens (including phenoxy) is 1. The number of hydrogen-bond acceptors (Lipinski definition) is 2. The molecule has 0 aliphatic carbocycles. The maximum absolute atomic E-state index is 9.63. The van der Waals surface area contributed by atoms with Gasteiger partial charge in [-0.15, -0.1) is 0 Å². The molecule has 0 bridgehead atoms. The third-order valence-electron chi connectivity index (χ3n) is 2.98. The fourth-order valence-electron chi connectivity index (χ4n) is 2.08. The van der Waals surface area contributed by atoms with E-state index in [4.69, 9.17) is 4.74 Å². The summed E-state index contributed by atoms with van der Waals surface area (Å²) in [5.41, 5.74) is 2.41. The fraction of sp³-hybridized carbons (Fsp3) is 0.500. The van der Waals surface area contributed by atoms with Crippen LogP contribution in [0.25, 0.3) is 0 Å². The summed E-state index contributed by atoms with van der Waals surface area (Å²) < 4.78 is 5.53. The standard InChI is InChI=1S/C12H16O2/c1-7(2)9-6-14-12-10(13)5-4-8(3)11(9)12/h4-5,7,9,13H,6H2,1-3H3. The summed E-state index contributed by atoms with van der Waals surface area (Å²) in [7, 11) is 0. The van der Waals surface area contributed by atoms with Gasteiger partial charge in [-0.3, -0.25) is 0 Å². The number of phenols is 1. The van der Waals surface area contributed by atoms with Crippen molar-refractivity contribution in [2.75, 3.05) is 6.61 Å². The van der Waals surface area contributed by atoms with Crippen LogP contribution in [-0.2, 0) is 0 Å². The SMILES string of the molecule is Cc1ccc(O)c2c1C(C(C)C)CO2. The van der Waals surface area contributed by atoms with Gasteiger partial charge >= 0.3 is 0 Å². The zero-order chi connectivity index (χ0) is 10.3. The molecule has 0 saturated carbocycles. The molecule has 2 heteroatoms. The molecular weight excluding hydrogens is 176 g/mol. The molecule has 0 saturated heterocycles. The average Bonchev–Trinajstić information content (AvgIpc) is 2.56. The Hall–Kier alpha value is -1.18. The third-order valence-corrected chi connectivity index (χ3v) is 2.98. The first-order valence-corrected chi connectivity index (χ1v) is 5.06. The summed E-state index contributed by atoms with van der Waals surface area (Å²) in [6.07, 6.45) is 0. The summed E-state index contributed by atoms with van der Waals surface area (Å²) in [5, 5.41) is 9.63. The molecule has 0 amide bonds. The van der Waals surface area contributed by atoms with Crippen molar-refractivity contribution in [3.05, 3.63) is 23.3 Å². The smallest absolute Gasteiger partial charge is 0.164 e. The second-order valence-electron chi connectivity index (χ2n) is 4.31. The van der Waals surface area contributed by atoms with E-state index < -0.39 is 0 Å². The van der Waals surface area contributed by atoms with Gasteiger partial charge in [0, 0.05) is 11.5 Å². The van der Waals surface area contributed by atoms with E-state index in [9.17, 15) is 5.11 Å². The van der Waals surface area contributed by atoms with E-state index in [2.05, 4.69) is 20.8 Å². The highest BCUT2D eigenvalue weighted by Crippen LogP contribution is 2.45. The molecule has 0 radical (unpaired) electrons. The Balaban J connectivity index is 2.53. The van der Waals surface area contributed by atoms with E-state index in [0.29, 0.717) is 24.2 Å². The maximum atomic E-state index is 9.63. The third kappa shape index (κ3) is 1.26. The zero-order valence-electron chi connectivity index (χ0n) is 8.87. The van der Waals surface area contributed by atoms with E-state index >= 15 is 0 Å². The number of aryl methyl sites for hydroxylation is 1. The Morgan fingerprint density at radius 1 is 1.43 bits per heavy atom. The van der Waals surface area contributed by atoms with Crippen molar-refractivity contribution < 1.29 is 9.84 Å². The maximum Gasteiger partial charge on any atom is 0.164 e. The van der Waals surface area contributed by atoms with E-state index in [1.807, 2.05) is 6.07 Å². The lowest BCUT2D eigenvalue weighted by Crippen LogP contribution is -2.08. The van der Waals surface area contributed by atoms with Crippen LogP contribution in [0, 0.1) is 12.8 Å². The second-order valence-corrected chi connectivity index (χ2v) is 4.31. The van der Waals surface area contributed by atoms with Crippen LogP contribution in [0.15, 0.2) is 12.1 Å². The van der Waals surface area contributed by atoms with Gasteiger partial charge in [-0.05, 0) is 24.5 Å². The molecule has 1 aliphatic rings. The van der Waals surface area contributed by atoms with E-state index in [-0.39, 0.29) is 5.75 Å². The molecular formula is C12H16O2. The lowest BCUT2D eigenvalue weighted by atomic mass is 9.87. The van der Waals surface area contributed by atoms with Crippen LogP contribution < -0.4 is 4.74 Å². The molecule has 0 aromatic heterocycles. The zero-order valence-corrected chi connectivity index (χ0v) is 8.87. The van der Waals surface area contributed by atoms with Crippen molar-refractivity contribution in [2.45, 2.75) is 26.7 Å². The molecule has 0 fully saturated rings. The van der Waals surface area contributed by atoms with Crippen LogP contribution >= 0.6 is 0 Å². The summed E-state index contributed by atoms with van der Waals surface area (Å²) in [6, 6.07) is 3.66. The molecule has 14 heavy (non-hydrogen) atoms. The van der Waals surface area contributed by atoms with Gasteiger partial charge < -0.3 is 9.84 Å². The molecule has 2 nitrogen and oxygen atoms in total. The summed E-state index contributed by atoms with van der Waals surface area (Å²) in [6.45, 7) is 7.15. The van der Waals surface area contributed by atoms with Crippen LogP contribution in [0.2, 0.25) is 0 Å². The van der Waals surface area contributed by atoms with E-state index in [0.717, 1.165) is 0 Å². The van der Waals surface area contributed by atoms with Crippen LogP contribution in [0.3, 0.4) is 0 Å². The molecule has 1 aromatic carbocycles. The highest BCUT2D eigenvalue weighted by atomic mass is 16.5. The van der Waals surface area contributed by atoms with Gasteiger partial charge in [-0.25, -0.2) is 0 Å². The van der Waals surface area contributed by atoms with Crippen molar-refractivity contribution in [1.82, 2.24) is 0 Å². The normalized spacial score (nSPS) is 19.6. The van der Waals surface area contributed by atoms with Gasteiger partial charge in [0.15, 0.2) is 11.5 Å². The fourth-order valence-corrected chi connectivity index (χ4v) is 2.08. The summed E-state index contributed by atoms with van der Waals surface area (Å²) in [5.74, 6) is 1.95. The van der Waals surface area contributed by atoms with Crippen LogP contribution in [0.4, 0.5) is 0 Å². The quantitative estimate of drug-likeness (QED) is 0.741. The number of benzene rings is 1. The van der Waals surface area contributed by atoms with E-state index in [1.54, 1.807) is 6.07 Å². The summed E-state index contributed by atoms with van der Waals surface area (Å²) >= 11 is 0. The van der Waals surface area contributed by atoms with Crippen LogP contribution in [-0.4, -0.2) is 11.7 Å². The lowest BCUT2D eigenvalue weighted by Gasteiger charge is -2.14. The van der Waals surface area contributed by atoms with Gasteiger partial charge in [-0.2, -0.15) is 0 Å². The Bertz CT molecular complexity index is 356. The molecule has 2 rings (SSSR count).